The molecule has 1 amide bonds. The molecule has 13 heteroatoms. The number of ether oxygens (including phenoxy) is 8. The molecule has 0 spiro atoms. The van der Waals surface area contributed by atoms with Gasteiger partial charge in [0.1, 0.15) is 6.61 Å². The number of rotatable bonds is 52. The third-order valence-electron chi connectivity index (χ3n) is 19.4. The molecule has 0 aliphatic carbocycles. The van der Waals surface area contributed by atoms with Crippen LogP contribution in [0.3, 0.4) is 0 Å². The number of nitrogens with one attached hydrogen (secondary N) is 3. The quantitative estimate of drug-likeness (QED) is 0.0394. The minimum atomic E-state index is -0.206. The van der Waals surface area contributed by atoms with Crippen molar-refractivity contribution in [1.82, 2.24) is 16.0 Å². The second-order valence-corrected chi connectivity index (χ2v) is 55.4. The van der Waals surface area contributed by atoms with E-state index in [4.69, 9.17) is 37.9 Å². The van der Waals surface area contributed by atoms with E-state index in [-0.39, 0.29) is 51.5 Å². The Labute approximate surface area is 813 Å². The van der Waals surface area contributed by atoms with Gasteiger partial charge in [0.2, 0.25) is 5.91 Å². The molecule has 0 aliphatic rings. The van der Waals surface area contributed by atoms with Gasteiger partial charge in [0.15, 0.2) is 5.78 Å². The standard InChI is InChI=1S/C18H39NO3.C17H35NO4.C15H30O2.C14H30.C13H29N.C13H28O.C13H28.C13H24/c1-17(2,3)9-7-11-20-13-15-22-16-14-21-12-8-10-19-18(4,5)6;1-16(2,3)8-10-21-12-14-22-13-11-20-9-7-15(19)18-17(4,5)6;1-14(2,3)11-9-7-8-10-13(16)12-17-15(4,5)6;1-13(2,3)11-9-7-8-10-12-14(4,5)6;2*1-12(2,3)10-8-7-9-11-14-13(4,5)6;2*1-12(2,3)10-8-7-9-11-13(4,5)6/h19H,7-16H2,1-6H3;7-14H2,1-6H3,(H,18,19);7-12H2,1-6H3;7-12H2,1-6H3;14H,7-11H2,1-6H3;7-11H2,1-6H3;7-11H2,1-6H3;7-8,10H2,1-6H3. The minimum absolute atomic E-state index is 0.0145. The molecule has 129 heavy (non-hydrogen) atoms. The fourth-order valence-corrected chi connectivity index (χ4v) is 11.9. The van der Waals surface area contributed by atoms with Gasteiger partial charge in [-0.25, -0.2) is 0 Å². The van der Waals surface area contributed by atoms with Gasteiger partial charge < -0.3 is 53.8 Å². The highest BCUT2D eigenvalue weighted by atomic mass is 16.5. The smallest absolute Gasteiger partial charge is 0.222 e. The van der Waals surface area contributed by atoms with Gasteiger partial charge in [-0.2, -0.15) is 0 Å². The second-order valence-electron chi connectivity index (χ2n) is 55.4. The molecular formula is C116H243N3O10. The average Bonchev–Trinajstić information content (AvgIpc) is 0.907. The van der Waals surface area contributed by atoms with Gasteiger partial charge in [-0.05, 0) is 295 Å². The molecule has 3 N–H and O–H groups in total. The minimum Gasteiger partial charge on any atom is -0.379 e. The van der Waals surface area contributed by atoms with Crippen LogP contribution in [0.1, 0.15) is 538 Å². The topological polar surface area (TPSA) is 144 Å². The Kier molecular flexibility index (Phi) is 84.3. The van der Waals surface area contributed by atoms with E-state index >= 15 is 0 Å². The fraction of sp³-hybridized carbons (Fsp3) is 0.966. The number of hydrogen-bond acceptors (Lipinski definition) is 12. The van der Waals surface area contributed by atoms with Crippen LogP contribution < -0.4 is 16.0 Å². The van der Waals surface area contributed by atoms with Crippen molar-refractivity contribution in [1.29, 1.82) is 0 Å². The summed E-state index contributed by atoms with van der Waals surface area (Å²) in [6, 6.07) is 0. The molecule has 0 aliphatic heterocycles. The Bertz CT molecular complexity index is 2340. The molecule has 0 saturated heterocycles. The van der Waals surface area contributed by atoms with E-state index in [2.05, 4.69) is 319 Å². The van der Waals surface area contributed by atoms with Gasteiger partial charge in [0.05, 0.1) is 70.7 Å². The summed E-state index contributed by atoms with van der Waals surface area (Å²) >= 11 is 0. The van der Waals surface area contributed by atoms with Crippen molar-refractivity contribution in [3.05, 3.63) is 0 Å². The van der Waals surface area contributed by atoms with Crippen molar-refractivity contribution in [2.75, 3.05) is 106 Å². The lowest BCUT2D eigenvalue weighted by atomic mass is 9.86. The van der Waals surface area contributed by atoms with Crippen molar-refractivity contribution < 1.29 is 47.5 Å². The predicted octanol–water partition coefficient (Wildman–Crippen LogP) is 33.9. The summed E-state index contributed by atoms with van der Waals surface area (Å²) in [5.41, 5.74) is 5.00. The Balaban J connectivity index is -0.000000218. The van der Waals surface area contributed by atoms with E-state index in [1.54, 1.807) is 0 Å². The molecule has 13 nitrogen and oxygen atoms in total. The van der Waals surface area contributed by atoms with Gasteiger partial charge in [-0.3, -0.25) is 9.59 Å². The molecule has 0 aromatic heterocycles. The zero-order valence-corrected chi connectivity index (χ0v) is 97.5. The molecule has 0 aromatic rings. The summed E-state index contributed by atoms with van der Waals surface area (Å²) in [6.45, 7) is 118. The van der Waals surface area contributed by atoms with Gasteiger partial charge in [0.25, 0.3) is 0 Å². The molecule has 0 saturated carbocycles. The number of amides is 1. The Morgan fingerprint density at radius 1 is 0.225 bits per heavy atom. The van der Waals surface area contributed by atoms with Crippen molar-refractivity contribution in [3.8, 4) is 11.8 Å². The van der Waals surface area contributed by atoms with Crippen LogP contribution in [0, 0.1) is 71.4 Å². The lowest BCUT2D eigenvalue weighted by Crippen LogP contribution is -2.40. The molecule has 0 fully saturated rings. The highest BCUT2D eigenvalue weighted by Gasteiger charge is 2.20. The number of Topliss-reactive ketones (excluding diaryl/α,β-unsaturated/α-hetero) is 1. The molecule has 0 bridgehead atoms. The normalized spacial score (nSPS) is 12.9. The fourth-order valence-electron chi connectivity index (χ4n) is 11.9. The van der Waals surface area contributed by atoms with Gasteiger partial charge in [0, 0.05) is 67.7 Å². The zero-order chi connectivity index (χ0) is 102. The van der Waals surface area contributed by atoms with Gasteiger partial charge >= 0.3 is 0 Å². The largest absolute Gasteiger partial charge is 0.379 e. The first-order chi connectivity index (χ1) is 57.9. The zero-order valence-electron chi connectivity index (χ0n) is 97.5. The van der Waals surface area contributed by atoms with E-state index in [0.29, 0.717) is 126 Å². The van der Waals surface area contributed by atoms with Crippen molar-refractivity contribution in [2.45, 2.75) is 566 Å². The maximum Gasteiger partial charge on any atom is 0.222 e. The van der Waals surface area contributed by atoms with E-state index in [9.17, 15) is 9.59 Å². The van der Waals surface area contributed by atoms with E-state index in [1.165, 1.54) is 154 Å². The van der Waals surface area contributed by atoms with Crippen LogP contribution in [0.4, 0.5) is 0 Å². The number of carbonyl (C=O) groups excluding carboxylic acids is 2. The Morgan fingerprint density at radius 2 is 0.488 bits per heavy atom. The predicted molar refractivity (Wildman–Crippen MR) is 574 cm³/mol. The third-order valence-corrected chi connectivity index (χ3v) is 19.4. The van der Waals surface area contributed by atoms with Crippen LogP contribution in [-0.2, 0) is 47.5 Å². The highest BCUT2D eigenvalue weighted by Crippen LogP contribution is 2.30. The van der Waals surface area contributed by atoms with Crippen LogP contribution in [-0.4, -0.2) is 145 Å². The van der Waals surface area contributed by atoms with E-state index in [0.717, 1.165) is 78.0 Å². The highest BCUT2D eigenvalue weighted by molar-refractivity contribution is 5.79. The summed E-state index contributed by atoms with van der Waals surface area (Å²) in [7, 11) is 0. The molecule has 0 radical (unpaired) electrons. The molecule has 0 heterocycles. The van der Waals surface area contributed by atoms with Crippen LogP contribution in [0.25, 0.3) is 0 Å². The maximum absolute atomic E-state index is 11.5. The monoisotopic (exact) mass is 1840 g/mol. The van der Waals surface area contributed by atoms with E-state index < -0.39 is 0 Å². The third kappa shape index (κ3) is 176. The number of ketones is 1. The van der Waals surface area contributed by atoms with Gasteiger partial charge in [-0.15, -0.1) is 5.92 Å². The number of unbranched alkanes of at least 4 members (excludes halogenated alkanes) is 12. The lowest BCUT2D eigenvalue weighted by molar-refractivity contribution is -0.128. The first kappa shape index (κ1) is 143. The molecule has 0 rings (SSSR count). The first-order valence-electron chi connectivity index (χ1n) is 52.5. The number of hydrogen-bond donors (Lipinski definition) is 3. The summed E-state index contributed by atoms with van der Waals surface area (Å²) in [4.78, 5) is 23.1. The molecule has 782 valence electrons. The summed E-state index contributed by atoms with van der Waals surface area (Å²) in [5.74, 6) is 6.75. The Morgan fingerprint density at radius 3 is 0.798 bits per heavy atom. The van der Waals surface area contributed by atoms with E-state index in [1.807, 2.05) is 41.5 Å². The van der Waals surface area contributed by atoms with Crippen LogP contribution >= 0.6 is 0 Å². The first-order valence-corrected chi connectivity index (χ1v) is 52.5. The van der Waals surface area contributed by atoms with Crippen molar-refractivity contribution >= 4 is 11.7 Å². The van der Waals surface area contributed by atoms with Crippen LogP contribution in [0.2, 0.25) is 0 Å². The molecule has 0 atom stereocenters. The molecule has 0 unspecified atom stereocenters. The average molecular weight is 1840 g/mol. The Hall–Kier alpha value is -1.70. The summed E-state index contributed by atoms with van der Waals surface area (Å²) < 4.78 is 43.9. The SMILES string of the molecule is CC(C)(C)C#CCCCC(C)(C)C.CC(C)(C)CCCCCC(=O)COC(C)(C)C.CC(C)(C)CCCCCC(C)(C)C.CC(C)(C)CCCCCCC(C)(C)C.CC(C)(C)CCCCCNC(C)(C)C.CC(C)(C)CCCCCOC(C)(C)C.CC(C)(C)CCCOCCOCCOCCCNC(C)(C)C.CC(C)(C)CCOCCOCCOCCC(=O)NC(C)(C)C. The lowest BCUT2D eigenvalue weighted by Gasteiger charge is -2.21. The van der Waals surface area contributed by atoms with Crippen LogP contribution in [0.5, 0.6) is 0 Å². The number of carbonyl (C=O) groups is 2. The van der Waals surface area contributed by atoms with Gasteiger partial charge in [-0.1, -0.05) is 297 Å². The van der Waals surface area contributed by atoms with Crippen molar-refractivity contribution in [2.24, 2.45) is 59.6 Å². The molecular weight excluding hydrogens is 1600 g/mol. The summed E-state index contributed by atoms with van der Waals surface area (Å²) in [5, 5.41) is 9.85. The maximum atomic E-state index is 11.5. The second kappa shape index (κ2) is 76.2. The van der Waals surface area contributed by atoms with Crippen molar-refractivity contribution in [3.63, 3.8) is 0 Å². The molecule has 0 aromatic carbocycles. The van der Waals surface area contributed by atoms with Crippen LogP contribution in [0.15, 0.2) is 0 Å². The summed E-state index contributed by atoms with van der Waals surface area (Å²) in [6.07, 6.45) is 39.5.